The lowest BCUT2D eigenvalue weighted by atomic mass is 10.1. The lowest BCUT2D eigenvalue weighted by Gasteiger charge is -1.92. The molecule has 0 atom stereocenters. The van der Waals surface area contributed by atoms with Crippen molar-refractivity contribution >= 4 is 17.0 Å². The molecule has 0 amide bonds. The minimum atomic E-state index is 0. The molecule has 70 valence electrons. The summed E-state index contributed by atoms with van der Waals surface area (Å²) in [5.41, 5.74) is 4.50. The van der Waals surface area contributed by atoms with Crippen LogP contribution in [0.5, 0.6) is 0 Å². The summed E-state index contributed by atoms with van der Waals surface area (Å²) in [6.07, 6.45) is 8.91. The van der Waals surface area contributed by atoms with Crippen molar-refractivity contribution in [3.8, 4) is 0 Å². The first-order valence-corrected chi connectivity index (χ1v) is 4.51. The van der Waals surface area contributed by atoms with Crippen LogP contribution in [-0.2, 0) is 0 Å². The molecule has 0 unspecified atom stereocenters. The van der Waals surface area contributed by atoms with Gasteiger partial charge in [0, 0.05) is 0 Å². The van der Waals surface area contributed by atoms with E-state index in [0.29, 0.717) is 0 Å². The average Bonchev–Trinajstić information content (AvgIpc) is 2.77. The van der Waals surface area contributed by atoms with E-state index in [1.54, 1.807) is 0 Å². The Morgan fingerprint density at radius 1 is 1.18 bits per heavy atom. The van der Waals surface area contributed by atoms with Gasteiger partial charge in [0.2, 0.25) is 0 Å². The number of rotatable bonds is 4. The predicted molar refractivity (Wildman–Crippen MR) is 57.3 cm³/mol. The van der Waals surface area contributed by atoms with Gasteiger partial charge in [0.05, 0.1) is 0 Å². The van der Waals surface area contributed by atoms with Gasteiger partial charge in [-0.1, -0.05) is 45.4 Å². The SMILES string of the molecule is Br.CCCCCC1CC1.CN. The molecule has 0 aliphatic heterocycles. The molecule has 1 nitrogen and oxygen atoms in total. The third-order valence-corrected chi connectivity index (χ3v) is 1.91. The van der Waals surface area contributed by atoms with Crippen LogP contribution in [0.25, 0.3) is 0 Å². The first kappa shape index (κ1) is 14.0. The maximum atomic E-state index is 4.50. The lowest BCUT2D eigenvalue weighted by Crippen LogP contribution is -1.75. The van der Waals surface area contributed by atoms with Gasteiger partial charge < -0.3 is 5.73 Å². The van der Waals surface area contributed by atoms with Crippen LogP contribution in [0.3, 0.4) is 0 Å². The van der Waals surface area contributed by atoms with Crippen molar-refractivity contribution in [2.75, 3.05) is 7.05 Å². The van der Waals surface area contributed by atoms with Crippen molar-refractivity contribution in [3.63, 3.8) is 0 Å². The van der Waals surface area contributed by atoms with Crippen LogP contribution in [0.2, 0.25) is 0 Å². The van der Waals surface area contributed by atoms with Gasteiger partial charge in [0.25, 0.3) is 0 Å². The summed E-state index contributed by atoms with van der Waals surface area (Å²) in [6.45, 7) is 2.27. The summed E-state index contributed by atoms with van der Waals surface area (Å²) in [7, 11) is 1.50. The maximum absolute atomic E-state index is 4.50. The predicted octanol–water partition coefficient (Wildman–Crippen LogP) is 3.13. The van der Waals surface area contributed by atoms with Gasteiger partial charge in [0.15, 0.2) is 0 Å². The summed E-state index contributed by atoms with van der Waals surface area (Å²) >= 11 is 0. The first-order chi connectivity index (χ1) is 4.93. The summed E-state index contributed by atoms with van der Waals surface area (Å²) in [6, 6.07) is 0. The van der Waals surface area contributed by atoms with E-state index in [-0.39, 0.29) is 17.0 Å². The number of unbranched alkanes of at least 4 members (excludes halogenated alkanes) is 2. The highest BCUT2D eigenvalue weighted by Crippen LogP contribution is 2.33. The molecule has 11 heavy (non-hydrogen) atoms. The summed E-state index contributed by atoms with van der Waals surface area (Å²) < 4.78 is 0. The third kappa shape index (κ3) is 10.4. The largest absolute Gasteiger partial charge is 0.333 e. The molecule has 2 heteroatoms. The second-order valence-electron chi connectivity index (χ2n) is 2.94. The van der Waals surface area contributed by atoms with E-state index in [1.165, 1.54) is 45.6 Å². The molecule has 1 saturated carbocycles. The number of hydrogen-bond donors (Lipinski definition) is 1. The summed E-state index contributed by atoms with van der Waals surface area (Å²) in [5.74, 6) is 1.15. The van der Waals surface area contributed by atoms with Crippen molar-refractivity contribution < 1.29 is 0 Å². The Hall–Kier alpha value is 0.440. The van der Waals surface area contributed by atoms with E-state index >= 15 is 0 Å². The van der Waals surface area contributed by atoms with Crippen molar-refractivity contribution in [1.29, 1.82) is 0 Å². The zero-order valence-corrected chi connectivity index (χ0v) is 9.52. The fraction of sp³-hybridized carbons (Fsp3) is 1.00. The van der Waals surface area contributed by atoms with Crippen molar-refractivity contribution in [1.82, 2.24) is 0 Å². The molecule has 0 aromatic carbocycles. The fourth-order valence-electron chi connectivity index (χ4n) is 1.09. The Kier molecular flexibility index (Phi) is 13.3. The Morgan fingerprint density at radius 2 is 1.73 bits per heavy atom. The van der Waals surface area contributed by atoms with Crippen molar-refractivity contribution in [3.05, 3.63) is 0 Å². The van der Waals surface area contributed by atoms with E-state index in [4.69, 9.17) is 0 Å². The zero-order chi connectivity index (χ0) is 7.82. The number of halogens is 1. The van der Waals surface area contributed by atoms with Crippen molar-refractivity contribution in [2.45, 2.75) is 45.4 Å². The van der Waals surface area contributed by atoms with Crippen LogP contribution in [0.1, 0.15) is 45.4 Å². The second-order valence-corrected chi connectivity index (χ2v) is 2.94. The van der Waals surface area contributed by atoms with Gasteiger partial charge in [-0.3, -0.25) is 0 Å². The van der Waals surface area contributed by atoms with Crippen LogP contribution in [-0.4, -0.2) is 7.05 Å². The summed E-state index contributed by atoms with van der Waals surface area (Å²) in [5, 5.41) is 0. The number of nitrogens with two attached hydrogens (primary N) is 1. The highest BCUT2D eigenvalue weighted by molar-refractivity contribution is 8.93. The van der Waals surface area contributed by atoms with Gasteiger partial charge in [-0.05, 0) is 13.0 Å². The normalized spacial score (nSPS) is 14.5. The topological polar surface area (TPSA) is 26.0 Å². The van der Waals surface area contributed by atoms with E-state index < -0.39 is 0 Å². The molecule has 1 fully saturated rings. The van der Waals surface area contributed by atoms with Crippen LogP contribution >= 0.6 is 17.0 Å². The molecule has 0 bridgehead atoms. The average molecular weight is 224 g/mol. The zero-order valence-electron chi connectivity index (χ0n) is 7.81. The molecule has 2 N–H and O–H groups in total. The molecule has 1 aliphatic carbocycles. The maximum Gasteiger partial charge on any atom is -0.0195 e. The van der Waals surface area contributed by atoms with E-state index in [1.807, 2.05) is 0 Å². The van der Waals surface area contributed by atoms with E-state index in [9.17, 15) is 0 Å². The van der Waals surface area contributed by atoms with Crippen LogP contribution in [0.15, 0.2) is 0 Å². The molecule has 1 rings (SSSR count). The molecular formula is C9H22BrN. The molecular weight excluding hydrogens is 202 g/mol. The third-order valence-electron chi connectivity index (χ3n) is 1.91. The Balaban J connectivity index is 0. The Labute approximate surface area is 81.5 Å². The van der Waals surface area contributed by atoms with E-state index in [0.717, 1.165) is 5.92 Å². The molecule has 0 heterocycles. The van der Waals surface area contributed by atoms with Gasteiger partial charge in [0.1, 0.15) is 0 Å². The molecule has 0 saturated heterocycles. The smallest absolute Gasteiger partial charge is 0.0195 e. The Bertz CT molecular complexity index is 62.6. The van der Waals surface area contributed by atoms with Gasteiger partial charge in [-0.25, -0.2) is 0 Å². The minimum Gasteiger partial charge on any atom is -0.333 e. The fourth-order valence-corrected chi connectivity index (χ4v) is 1.09. The van der Waals surface area contributed by atoms with Gasteiger partial charge in [-0.2, -0.15) is 0 Å². The van der Waals surface area contributed by atoms with Crippen LogP contribution < -0.4 is 5.73 Å². The van der Waals surface area contributed by atoms with Gasteiger partial charge in [-0.15, -0.1) is 17.0 Å². The van der Waals surface area contributed by atoms with Crippen molar-refractivity contribution in [2.24, 2.45) is 11.7 Å². The molecule has 0 aromatic heterocycles. The number of hydrogen-bond acceptors (Lipinski definition) is 1. The lowest BCUT2D eigenvalue weighted by molar-refractivity contribution is 0.620. The summed E-state index contributed by atoms with van der Waals surface area (Å²) in [4.78, 5) is 0. The van der Waals surface area contributed by atoms with E-state index in [2.05, 4.69) is 12.7 Å². The first-order valence-electron chi connectivity index (χ1n) is 4.51. The quantitative estimate of drug-likeness (QED) is 0.729. The molecule has 0 radical (unpaired) electrons. The molecule has 0 spiro atoms. The Morgan fingerprint density at radius 3 is 2.09 bits per heavy atom. The second kappa shape index (κ2) is 10.4. The van der Waals surface area contributed by atoms with Crippen LogP contribution in [0, 0.1) is 5.92 Å². The minimum absolute atomic E-state index is 0. The highest BCUT2D eigenvalue weighted by Gasteiger charge is 2.19. The van der Waals surface area contributed by atoms with Crippen LogP contribution in [0.4, 0.5) is 0 Å². The highest BCUT2D eigenvalue weighted by atomic mass is 79.9. The van der Waals surface area contributed by atoms with Gasteiger partial charge >= 0.3 is 0 Å². The molecule has 0 aromatic rings. The standard InChI is InChI=1S/C8H16.CH5N.BrH/c1-2-3-4-5-8-6-7-8;1-2;/h8H,2-7H2,1H3;2H2,1H3;1H. The molecule has 1 aliphatic rings. The monoisotopic (exact) mass is 223 g/mol.